The number of quaternary nitrogens is 2. The lowest BCUT2D eigenvalue weighted by atomic mass is 10.4. The van der Waals surface area contributed by atoms with E-state index in [1.54, 1.807) is 0 Å². The standard InChI is InChI=1S/2C8H16N.CH2O3/c2*1-5-7-9(3,4)8-6-2;2-1(3)4/h2*5-6H,1-2,7-8H2,3-4H3;(H2,2,3,4)/q2*+1;/p-2. The monoisotopic (exact) mass is 312 g/mol. The van der Waals surface area contributed by atoms with Gasteiger partial charge in [0.2, 0.25) is 0 Å². The highest BCUT2D eigenvalue weighted by atomic mass is 16.6. The molecule has 0 aromatic heterocycles. The lowest BCUT2D eigenvalue weighted by Gasteiger charge is -2.26. The minimum absolute atomic E-state index is 0.951. The van der Waals surface area contributed by atoms with E-state index in [9.17, 15) is 0 Å². The first kappa shape index (κ1) is 25.1. The third-order valence-electron chi connectivity index (χ3n) is 2.49. The van der Waals surface area contributed by atoms with E-state index in [1.165, 1.54) is 0 Å². The van der Waals surface area contributed by atoms with Crippen LogP contribution in [0.3, 0.4) is 0 Å². The highest BCUT2D eigenvalue weighted by molar-refractivity contribution is 5.47. The van der Waals surface area contributed by atoms with Crippen LogP contribution in [0.2, 0.25) is 0 Å². The molecule has 0 amide bonds. The Kier molecular flexibility index (Phi) is 16.1. The zero-order valence-corrected chi connectivity index (χ0v) is 14.6. The summed E-state index contributed by atoms with van der Waals surface area (Å²) in [6.07, 6.45) is 5.40. The second-order valence-electron chi connectivity index (χ2n) is 6.01. The highest BCUT2D eigenvalue weighted by Gasteiger charge is 2.08. The summed E-state index contributed by atoms with van der Waals surface area (Å²) in [7, 11) is 8.62. The van der Waals surface area contributed by atoms with Crippen LogP contribution in [-0.2, 0) is 0 Å². The molecule has 0 aliphatic heterocycles. The summed E-state index contributed by atoms with van der Waals surface area (Å²) in [5, 5.41) is 16.7. The van der Waals surface area contributed by atoms with Crippen molar-refractivity contribution in [2.45, 2.75) is 0 Å². The van der Waals surface area contributed by atoms with Gasteiger partial charge in [0.1, 0.15) is 0 Å². The number of likely N-dealkylation sites (N-methyl/N-ethyl adjacent to an activating group) is 2. The Morgan fingerprint density at radius 3 is 0.955 bits per heavy atom. The number of hydrogen-bond donors (Lipinski definition) is 0. The van der Waals surface area contributed by atoms with Crippen LogP contribution in [0.15, 0.2) is 50.6 Å². The van der Waals surface area contributed by atoms with Crippen molar-refractivity contribution in [3.05, 3.63) is 50.6 Å². The molecule has 0 fully saturated rings. The van der Waals surface area contributed by atoms with Crippen molar-refractivity contribution in [3.8, 4) is 0 Å². The fourth-order valence-electron chi connectivity index (χ4n) is 1.55. The maximum atomic E-state index is 8.33. The minimum Gasteiger partial charge on any atom is -0.652 e. The Hall–Kier alpha value is -1.85. The lowest BCUT2D eigenvalue weighted by molar-refractivity contribution is -0.878. The van der Waals surface area contributed by atoms with E-state index in [0.717, 1.165) is 35.1 Å². The van der Waals surface area contributed by atoms with Crippen LogP contribution in [0.25, 0.3) is 0 Å². The van der Waals surface area contributed by atoms with Gasteiger partial charge < -0.3 is 24.0 Å². The first-order chi connectivity index (χ1) is 9.97. The van der Waals surface area contributed by atoms with E-state index in [-0.39, 0.29) is 0 Å². The molecule has 0 rings (SSSR count). The largest absolute Gasteiger partial charge is 0.652 e. The molecule has 0 atom stereocenters. The molecule has 0 saturated heterocycles. The van der Waals surface area contributed by atoms with Crippen LogP contribution in [0.1, 0.15) is 0 Å². The summed E-state index contributed by atoms with van der Waals surface area (Å²) in [5.41, 5.74) is 0. The summed E-state index contributed by atoms with van der Waals surface area (Å²) in [6.45, 7) is 18.7. The molecule has 0 aromatic carbocycles. The molecule has 0 heterocycles. The van der Waals surface area contributed by atoms with Crippen molar-refractivity contribution < 1.29 is 24.0 Å². The molecule has 22 heavy (non-hydrogen) atoms. The second kappa shape index (κ2) is 14.1. The quantitative estimate of drug-likeness (QED) is 0.482. The Balaban J connectivity index is -0.000000266. The summed E-state index contributed by atoms with van der Waals surface area (Å²) in [5.74, 6) is 0. The van der Waals surface area contributed by atoms with Gasteiger partial charge in [-0.3, -0.25) is 0 Å². The Labute approximate surface area is 136 Å². The Morgan fingerprint density at radius 1 is 0.727 bits per heavy atom. The molecule has 128 valence electrons. The molecule has 0 bridgehead atoms. The third-order valence-corrected chi connectivity index (χ3v) is 2.49. The van der Waals surface area contributed by atoms with E-state index in [1.807, 2.05) is 24.3 Å². The third kappa shape index (κ3) is 26.7. The van der Waals surface area contributed by atoms with Crippen LogP contribution in [-0.4, -0.2) is 69.5 Å². The lowest BCUT2D eigenvalue weighted by Crippen LogP contribution is -2.39. The molecule has 0 N–H and O–H groups in total. The van der Waals surface area contributed by atoms with Crippen LogP contribution < -0.4 is 10.2 Å². The van der Waals surface area contributed by atoms with Gasteiger partial charge in [0, 0.05) is 0 Å². The highest BCUT2D eigenvalue weighted by Crippen LogP contribution is 1.95. The van der Waals surface area contributed by atoms with Gasteiger partial charge in [-0.2, -0.15) is 0 Å². The van der Waals surface area contributed by atoms with Gasteiger partial charge in [0.05, 0.1) is 54.4 Å². The van der Waals surface area contributed by atoms with E-state index < -0.39 is 6.16 Å². The van der Waals surface area contributed by atoms with Crippen molar-refractivity contribution in [3.63, 3.8) is 0 Å². The van der Waals surface area contributed by atoms with Crippen molar-refractivity contribution in [1.82, 2.24) is 0 Å². The Bertz CT molecular complexity index is 292. The van der Waals surface area contributed by atoms with E-state index in [2.05, 4.69) is 54.5 Å². The molecule has 0 radical (unpaired) electrons. The molecule has 0 aliphatic carbocycles. The molecule has 5 heteroatoms. The number of rotatable bonds is 8. The smallest absolute Gasteiger partial charge is 0.0969 e. The molecular formula is C17H32N2O3. The second-order valence-corrected chi connectivity index (χ2v) is 6.01. The molecule has 5 nitrogen and oxygen atoms in total. The summed E-state index contributed by atoms with van der Waals surface area (Å²) < 4.78 is 1.90. The van der Waals surface area contributed by atoms with Crippen LogP contribution in [0.4, 0.5) is 4.79 Å². The zero-order chi connectivity index (χ0) is 18.2. The van der Waals surface area contributed by atoms with E-state index >= 15 is 0 Å². The van der Waals surface area contributed by atoms with E-state index in [4.69, 9.17) is 15.0 Å². The molecule has 0 unspecified atom stereocenters. The Morgan fingerprint density at radius 2 is 0.864 bits per heavy atom. The van der Waals surface area contributed by atoms with Gasteiger partial charge in [-0.1, -0.05) is 26.3 Å². The SMILES string of the molecule is C=CC[N+](C)(C)CC=C.C=CC[N+](C)(C)CC=C.O=C([O-])[O-]. The number of nitrogens with zero attached hydrogens (tertiary/aromatic N) is 2. The average Bonchev–Trinajstić information content (AvgIpc) is 2.28. The summed E-state index contributed by atoms with van der Waals surface area (Å²) in [6, 6.07) is 0. The van der Waals surface area contributed by atoms with Gasteiger partial charge in [-0.15, -0.1) is 0 Å². The molecule has 0 aliphatic rings. The predicted molar refractivity (Wildman–Crippen MR) is 89.9 cm³/mol. The fraction of sp³-hybridized carbons (Fsp3) is 0.471. The predicted octanol–water partition coefficient (Wildman–Crippen LogP) is 0.423. The van der Waals surface area contributed by atoms with Crippen LogP contribution in [0.5, 0.6) is 0 Å². The number of carbonyl (C=O) groups excluding carboxylic acids is 1. The number of carboxylic acid groups (broad SMARTS) is 2. The van der Waals surface area contributed by atoms with Gasteiger partial charge in [-0.25, -0.2) is 0 Å². The number of carbonyl (C=O) groups is 1. The van der Waals surface area contributed by atoms with Crippen molar-refractivity contribution in [2.24, 2.45) is 0 Å². The summed E-state index contributed by atoms with van der Waals surface area (Å²) in [4.78, 5) is 8.33. The maximum absolute atomic E-state index is 8.33. The van der Waals surface area contributed by atoms with Crippen molar-refractivity contribution in [2.75, 3.05) is 54.4 Å². The van der Waals surface area contributed by atoms with Crippen molar-refractivity contribution >= 4 is 6.16 Å². The molecule has 0 aromatic rings. The minimum atomic E-state index is -2.33. The number of hydrogen-bond acceptors (Lipinski definition) is 3. The van der Waals surface area contributed by atoms with Gasteiger partial charge in [0.15, 0.2) is 0 Å². The zero-order valence-electron chi connectivity index (χ0n) is 14.6. The fourth-order valence-corrected chi connectivity index (χ4v) is 1.55. The van der Waals surface area contributed by atoms with Gasteiger partial charge in [0.25, 0.3) is 0 Å². The summed E-state index contributed by atoms with van der Waals surface area (Å²) >= 11 is 0. The first-order valence-electron chi connectivity index (χ1n) is 6.93. The molecule has 0 spiro atoms. The average molecular weight is 312 g/mol. The molecular weight excluding hydrogens is 280 g/mol. The topological polar surface area (TPSA) is 63.2 Å². The van der Waals surface area contributed by atoms with Crippen LogP contribution in [0, 0.1) is 0 Å². The normalized spacial score (nSPS) is 10.0. The first-order valence-corrected chi connectivity index (χ1v) is 6.93. The maximum Gasteiger partial charge on any atom is 0.0969 e. The van der Waals surface area contributed by atoms with Gasteiger partial charge >= 0.3 is 0 Å². The van der Waals surface area contributed by atoms with E-state index in [0.29, 0.717) is 0 Å². The molecule has 0 saturated carbocycles. The van der Waals surface area contributed by atoms with Crippen molar-refractivity contribution in [1.29, 1.82) is 0 Å². The van der Waals surface area contributed by atoms with Gasteiger partial charge in [-0.05, 0) is 30.5 Å². The van der Waals surface area contributed by atoms with Crippen LogP contribution >= 0.6 is 0 Å².